The SMILES string of the molecule is O=C(O)/C=C/NCCCc1ccccc1. The molecule has 0 saturated heterocycles. The van der Waals surface area contributed by atoms with Crippen LogP contribution in [0, 0.1) is 0 Å². The minimum atomic E-state index is -0.925. The van der Waals surface area contributed by atoms with Crippen molar-refractivity contribution in [2.45, 2.75) is 12.8 Å². The summed E-state index contributed by atoms with van der Waals surface area (Å²) in [6.45, 7) is 0.790. The molecule has 15 heavy (non-hydrogen) atoms. The van der Waals surface area contributed by atoms with E-state index >= 15 is 0 Å². The molecule has 0 amide bonds. The van der Waals surface area contributed by atoms with E-state index in [-0.39, 0.29) is 0 Å². The number of carbonyl (C=O) groups is 1. The third-order valence-electron chi connectivity index (χ3n) is 1.97. The van der Waals surface area contributed by atoms with Gasteiger partial charge in [0.2, 0.25) is 0 Å². The molecule has 0 aliphatic rings. The van der Waals surface area contributed by atoms with Crippen LogP contribution in [0.25, 0.3) is 0 Å². The van der Waals surface area contributed by atoms with Crippen LogP contribution in [-0.2, 0) is 11.2 Å². The van der Waals surface area contributed by atoms with Crippen molar-refractivity contribution in [2.75, 3.05) is 6.54 Å². The molecule has 0 aromatic heterocycles. The van der Waals surface area contributed by atoms with Crippen LogP contribution in [0.5, 0.6) is 0 Å². The van der Waals surface area contributed by atoms with E-state index in [1.54, 1.807) is 0 Å². The van der Waals surface area contributed by atoms with E-state index in [4.69, 9.17) is 5.11 Å². The smallest absolute Gasteiger partial charge is 0.329 e. The lowest BCUT2D eigenvalue weighted by Crippen LogP contribution is -2.08. The van der Waals surface area contributed by atoms with E-state index in [0.29, 0.717) is 0 Å². The molecule has 0 heterocycles. The molecule has 0 fully saturated rings. The first-order chi connectivity index (χ1) is 7.29. The van der Waals surface area contributed by atoms with Gasteiger partial charge in [-0.1, -0.05) is 30.3 Å². The summed E-state index contributed by atoms with van der Waals surface area (Å²) < 4.78 is 0. The molecular weight excluding hydrogens is 190 g/mol. The fourth-order valence-corrected chi connectivity index (χ4v) is 1.25. The molecule has 0 bridgehead atoms. The second-order valence-electron chi connectivity index (χ2n) is 3.21. The highest BCUT2D eigenvalue weighted by molar-refractivity contribution is 5.79. The van der Waals surface area contributed by atoms with Gasteiger partial charge in [0.15, 0.2) is 0 Å². The van der Waals surface area contributed by atoms with Crippen LogP contribution in [0.2, 0.25) is 0 Å². The standard InChI is InChI=1S/C12H15NO2/c14-12(15)8-10-13-9-4-7-11-5-2-1-3-6-11/h1-3,5-6,8,10,13H,4,7,9H2,(H,14,15)/b10-8+. The second kappa shape index (κ2) is 6.65. The number of carboxylic acids is 1. The van der Waals surface area contributed by atoms with Crippen LogP contribution in [0.15, 0.2) is 42.6 Å². The number of benzene rings is 1. The van der Waals surface area contributed by atoms with Crippen LogP contribution in [0.3, 0.4) is 0 Å². The maximum absolute atomic E-state index is 10.1. The number of rotatable bonds is 6. The quantitative estimate of drug-likeness (QED) is 0.550. The van der Waals surface area contributed by atoms with Crippen molar-refractivity contribution in [1.29, 1.82) is 0 Å². The summed E-state index contributed by atoms with van der Waals surface area (Å²) in [6.07, 6.45) is 4.57. The summed E-state index contributed by atoms with van der Waals surface area (Å²) >= 11 is 0. The van der Waals surface area contributed by atoms with Crippen LogP contribution < -0.4 is 5.32 Å². The summed E-state index contributed by atoms with van der Waals surface area (Å²) in [5.74, 6) is -0.925. The summed E-state index contributed by atoms with van der Waals surface area (Å²) in [7, 11) is 0. The van der Waals surface area contributed by atoms with E-state index in [9.17, 15) is 4.79 Å². The Hall–Kier alpha value is -1.77. The minimum Gasteiger partial charge on any atom is -0.478 e. The van der Waals surface area contributed by atoms with Crippen molar-refractivity contribution in [3.8, 4) is 0 Å². The molecule has 1 aromatic rings. The van der Waals surface area contributed by atoms with Crippen molar-refractivity contribution >= 4 is 5.97 Å². The molecule has 0 radical (unpaired) electrons. The third kappa shape index (κ3) is 5.52. The molecule has 1 rings (SSSR count). The Labute approximate surface area is 89.4 Å². The monoisotopic (exact) mass is 205 g/mol. The van der Waals surface area contributed by atoms with E-state index in [0.717, 1.165) is 25.5 Å². The highest BCUT2D eigenvalue weighted by Gasteiger charge is 1.90. The lowest BCUT2D eigenvalue weighted by atomic mass is 10.1. The van der Waals surface area contributed by atoms with E-state index in [2.05, 4.69) is 17.4 Å². The summed E-state index contributed by atoms with van der Waals surface area (Å²) in [5, 5.41) is 11.2. The van der Waals surface area contributed by atoms with Crippen LogP contribution >= 0.6 is 0 Å². The normalized spacial score (nSPS) is 10.4. The molecule has 80 valence electrons. The average Bonchev–Trinajstić information content (AvgIpc) is 2.24. The van der Waals surface area contributed by atoms with Gasteiger partial charge < -0.3 is 10.4 Å². The molecule has 1 aromatic carbocycles. The fraction of sp³-hybridized carbons (Fsp3) is 0.250. The lowest BCUT2D eigenvalue weighted by molar-refractivity contribution is -0.131. The predicted octanol–water partition coefficient (Wildman–Crippen LogP) is 1.81. The van der Waals surface area contributed by atoms with Gasteiger partial charge >= 0.3 is 5.97 Å². The zero-order valence-corrected chi connectivity index (χ0v) is 8.52. The fourth-order valence-electron chi connectivity index (χ4n) is 1.25. The molecule has 0 aliphatic heterocycles. The van der Waals surface area contributed by atoms with Crippen LogP contribution in [0.1, 0.15) is 12.0 Å². The zero-order chi connectivity index (χ0) is 10.9. The Morgan fingerprint density at radius 3 is 2.73 bits per heavy atom. The van der Waals surface area contributed by atoms with Crippen molar-refractivity contribution in [3.63, 3.8) is 0 Å². The highest BCUT2D eigenvalue weighted by Crippen LogP contribution is 2.01. The van der Waals surface area contributed by atoms with E-state index in [1.165, 1.54) is 11.8 Å². The van der Waals surface area contributed by atoms with Gasteiger partial charge in [0.05, 0.1) is 0 Å². The number of carboxylic acid groups (broad SMARTS) is 1. The maximum Gasteiger partial charge on any atom is 0.329 e. The molecule has 3 heteroatoms. The molecule has 3 nitrogen and oxygen atoms in total. The first-order valence-electron chi connectivity index (χ1n) is 4.96. The van der Waals surface area contributed by atoms with Crippen molar-refractivity contribution in [1.82, 2.24) is 5.32 Å². The number of hydrogen-bond donors (Lipinski definition) is 2. The molecule has 0 atom stereocenters. The van der Waals surface area contributed by atoms with Crippen molar-refractivity contribution < 1.29 is 9.90 Å². The Bertz CT molecular complexity index is 320. The van der Waals surface area contributed by atoms with E-state index in [1.807, 2.05) is 18.2 Å². The van der Waals surface area contributed by atoms with Gasteiger partial charge in [-0.15, -0.1) is 0 Å². The Morgan fingerprint density at radius 1 is 1.33 bits per heavy atom. The third-order valence-corrected chi connectivity index (χ3v) is 1.97. The molecule has 0 saturated carbocycles. The Kier molecular flexibility index (Phi) is 5.01. The van der Waals surface area contributed by atoms with E-state index < -0.39 is 5.97 Å². The minimum absolute atomic E-state index is 0.790. The van der Waals surface area contributed by atoms with Gasteiger partial charge in [-0.25, -0.2) is 4.79 Å². The van der Waals surface area contributed by atoms with Crippen LogP contribution in [0.4, 0.5) is 0 Å². The van der Waals surface area contributed by atoms with Gasteiger partial charge in [0.1, 0.15) is 0 Å². The molecule has 2 N–H and O–H groups in total. The van der Waals surface area contributed by atoms with Gasteiger partial charge in [0, 0.05) is 18.8 Å². The van der Waals surface area contributed by atoms with Crippen molar-refractivity contribution in [3.05, 3.63) is 48.2 Å². The molecule has 0 aliphatic carbocycles. The Morgan fingerprint density at radius 2 is 2.07 bits per heavy atom. The maximum atomic E-state index is 10.1. The average molecular weight is 205 g/mol. The zero-order valence-electron chi connectivity index (χ0n) is 8.52. The Balaban J connectivity index is 2.10. The number of aryl methyl sites for hydroxylation is 1. The first-order valence-corrected chi connectivity index (χ1v) is 4.96. The molecule has 0 unspecified atom stereocenters. The van der Waals surface area contributed by atoms with Crippen molar-refractivity contribution in [2.24, 2.45) is 0 Å². The second-order valence-corrected chi connectivity index (χ2v) is 3.21. The lowest BCUT2D eigenvalue weighted by Gasteiger charge is -2.01. The van der Waals surface area contributed by atoms with Gasteiger partial charge in [-0.3, -0.25) is 0 Å². The molecule has 0 spiro atoms. The highest BCUT2D eigenvalue weighted by atomic mass is 16.4. The summed E-state index contributed by atoms with van der Waals surface area (Å²) in [6, 6.07) is 10.2. The number of hydrogen-bond acceptors (Lipinski definition) is 2. The molecular formula is C12H15NO2. The number of aliphatic carboxylic acids is 1. The number of nitrogens with one attached hydrogen (secondary N) is 1. The van der Waals surface area contributed by atoms with Gasteiger partial charge in [-0.05, 0) is 18.4 Å². The van der Waals surface area contributed by atoms with Gasteiger partial charge in [0.25, 0.3) is 0 Å². The summed E-state index contributed by atoms with van der Waals surface area (Å²) in [5.41, 5.74) is 1.31. The van der Waals surface area contributed by atoms with Crippen LogP contribution in [-0.4, -0.2) is 17.6 Å². The predicted molar refractivity (Wildman–Crippen MR) is 59.5 cm³/mol. The largest absolute Gasteiger partial charge is 0.478 e. The topological polar surface area (TPSA) is 49.3 Å². The van der Waals surface area contributed by atoms with Gasteiger partial charge in [-0.2, -0.15) is 0 Å². The first kappa shape index (κ1) is 11.3. The summed E-state index contributed by atoms with van der Waals surface area (Å²) in [4.78, 5) is 10.1.